The number of nitrogens with one attached hydrogen (secondary N) is 1. The lowest BCUT2D eigenvalue weighted by Crippen LogP contribution is -2.46. The Morgan fingerprint density at radius 2 is 1.52 bits per heavy atom. The van der Waals surface area contributed by atoms with Crippen molar-refractivity contribution in [3.05, 3.63) is 139 Å². The molecule has 240 valence electrons. The first kappa shape index (κ1) is 31.1. The van der Waals surface area contributed by atoms with Crippen LogP contribution in [-0.4, -0.2) is 17.7 Å². The van der Waals surface area contributed by atoms with Crippen molar-refractivity contribution >= 4 is 34.2 Å². The molecular weight excluding hydrogens is 594 g/mol. The molecule has 6 nitrogen and oxygen atoms in total. The van der Waals surface area contributed by atoms with Gasteiger partial charge in [-0.25, -0.2) is 0 Å². The van der Waals surface area contributed by atoms with E-state index in [4.69, 9.17) is 5.73 Å². The van der Waals surface area contributed by atoms with Gasteiger partial charge >= 0.3 is 0 Å². The van der Waals surface area contributed by atoms with Crippen molar-refractivity contribution in [1.82, 2.24) is 5.32 Å². The summed E-state index contributed by atoms with van der Waals surface area (Å²) in [7, 11) is 0. The molecule has 3 atom stereocenters. The van der Waals surface area contributed by atoms with E-state index in [-0.39, 0.29) is 11.8 Å². The molecule has 0 radical (unpaired) electrons. The maximum absolute atomic E-state index is 14.8. The molecule has 0 saturated heterocycles. The molecule has 0 spiro atoms. The third kappa shape index (κ3) is 6.26. The summed E-state index contributed by atoms with van der Waals surface area (Å²) in [5.41, 5.74) is 12.2. The number of amides is 3. The van der Waals surface area contributed by atoms with Gasteiger partial charge < -0.3 is 16.0 Å². The van der Waals surface area contributed by atoms with Gasteiger partial charge in [0.2, 0.25) is 11.8 Å². The molecule has 48 heavy (non-hydrogen) atoms. The summed E-state index contributed by atoms with van der Waals surface area (Å²) in [4.78, 5) is 43.3. The molecule has 1 unspecified atom stereocenters. The van der Waals surface area contributed by atoms with Crippen LogP contribution in [0.5, 0.6) is 0 Å². The smallest absolute Gasteiger partial charge is 0.254 e. The van der Waals surface area contributed by atoms with E-state index in [0.29, 0.717) is 25.3 Å². The quantitative estimate of drug-likeness (QED) is 0.145. The van der Waals surface area contributed by atoms with Gasteiger partial charge in [-0.05, 0) is 75.5 Å². The lowest BCUT2D eigenvalue weighted by Gasteiger charge is -2.29. The fourth-order valence-corrected chi connectivity index (χ4v) is 7.12. The second kappa shape index (κ2) is 13.3. The molecule has 3 amide bonds. The second-order valence-corrected chi connectivity index (χ2v) is 13.1. The van der Waals surface area contributed by atoms with Crippen molar-refractivity contribution in [1.29, 1.82) is 0 Å². The molecule has 1 aliphatic heterocycles. The molecule has 5 aromatic carbocycles. The summed E-state index contributed by atoms with van der Waals surface area (Å²) in [6.07, 6.45) is 4.55. The number of primary amides is 1. The fraction of sp³-hybridized carbons (Fsp3) is 0.214. The number of nitrogens with two attached hydrogens (primary N) is 1. The highest BCUT2D eigenvalue weighted by Gasteiger charge is 2.40. The van der Waals surface area contributed by atoms with Gasteiger partial charge in [0, 0.05) is 5.56 Å². The lowest BCUT2D eigenvalue weighted by atomic mass is 9.83. The summed E-state index contributed by atoms with van der Waals surface area (Å²) in [6.45, 7) is 4.11. The van der Waals surface area contributed by atoms with Crippen LogP contribution in [0.2, 0.25) is 0 Å². The van der Waals surface area contributed by atoms with Gasteiger partial charge in [-0.15, -0.1) is 6.58 Å². The van der Waals surface area contributed by atoms with Gasteiger partial charge in [-0.2, -0.15) is 0 Å². The van der Waals surface area contributed by atoms with Crippen LogP contribution < -0.4 is 16.0 Å². The van der Waals surface area contributed by atoms with Crippen LogP contribution in [-0.2, 0) is 20.9 Å². The molecule has 6 heteroatoms. The Balaban J connectivity index is 1.25. The van der Waals surface area contributed by atoms with Crippen LogP contribution in [0, 0.1) is 17.8 Å². The Labute approximate surface area is 281 Å². The Bertz CT molecular complexity index is 2030. The largest absolute Gasteiger partial charge is 0.369 e. The zero-order valence-corrected chi connectivity index (χ0v) is 26.8. The average Bonchev–Trinajstić information content (AvgIpc) is 3.95. The molecule has 7 rings (SSSR count). The van der Waals surface area contributed by atoms with E-state index < -0.39 is 23.8 Å². The minimum atomic E-state index is -0.955. The minimum Gasteiger partial charge on any atom is -0.369 e. The van der Waals surface area contributed by atoms with E-state index in [1.165, 1.54) is 10.8 Å². The summed E-state index contributed by atoms with van der Waals surface area (Å²) in [5.74, 6) is -2.05. The van der Waals surface area contributed by atoms with Crippen LogP contribution >= 0.6 is 0 Å². The highest BCUT2D eigenvalue weighted by molar-refractivity contribution is 6.06. The molecular formula is C42H39N3O3. The first-order valence-corrected chi connectivity index (χ1v) is 16.7. The Kier molecular flexibility index (Phi) is 8.64. The maximum Gasteiger partial charge on any atom is 0.254 e. The summed E-state index contributed by atoms with van der Waals surface area (Å²) < 4.78 is 0. The predicted octanol–water partition coefficient (Wildman–Crippen LogP) is 7.97. The molecule has 1 heterocycles. The number of carbonyl (C=O) groups is 3. The topological polar surface area (TPSA) is 92.5 Å². The van der Waals surface area contributed by atoms with Crippen LogP contribution in [0.3, 0.4) is 0 Å². The highest BCUT2D eigenvalue weighted by atomic mass is 16.2. The Morgan fingerprint density at radius 1 is 0.812 bits per heavy atom. The first-order valence-electron chi connectivity index (χ1n) is 16.7. The highest BCUT2D eigenvalue weighted by Crippen LogP contribution is 2.42. The number of rotatable bonds is 11. The second-order valence-electron chi connectivity index (χ2n) is 13.1. The number of benzene rings is 5. The molecule has 2 aliphatic rings. The van der Waals surface area contributed by atoms with Gasteiger partial charge in [0.15, 0.2) is 0 Å². The zero-order valence-electron chi connectivity index (χ0n) is 26.8. The van der Waals surface area contributed by atoms with Crippen molar-refractivity contribution in [2.45, 2.75) is 38.3 Å². The summed E-state index contributed by atoms with van der Waals surface area (Å²) in [6, 6.07) is 37.7. The molecule has 5 aromatic rings. The minimum absolute atomic E-state index is 0.235. The SMILES string of the molecule is C=CCC(C(N)=O)[C@H](CC1CC1)C(=O)N[C@@H]1C(=O)N(Cc2cccc(-c3ccc4ccccc4c3)c2)c2ccccc2-c2ccccc21. The summed E-state index contributed by atoms with van der Waals surface area (Å²) in [5, 5.41) is 5.47. The number of allylic oxidation sites excluding steroid dienone is 1. The number of carbonyl (C=O) groups excluding carboxylic acids is 3. The number of fused-ring (bicyclic) bond motifs is 4. The maximum atomic E-state index is 14.8. The molecule has 1 saturated carbocycles. The lowest BCUT2D eigenvalue weighted by molar-refractivity contribution is -0.135. The third-order valence-corrected chi connectivity index (χ3v) is 9.80. The van der Waals surface area contributed by atoms with Crippen LogP contribution in [0.4, 0.5) is 5.69 Å². The van der Waals surface area contributed by atoms with Crippen molar-refractivity contribution in [2.24, 2.45) is 23.5 Å². The van der Waals surface area contributed by atoms with Crippen LogP contribution in [0.15, 0.2) is 128 Å². The van der Waals surface area contributed by atoms with Gasteiger partial charge in [-0.3, -0.25) is 14.4 Å². The number of hydrogen-bond acceptors (Lipinski definition) is 3. The number of hydrogen-bond donors (Lipinski definition) is 2. The van der Waals surface area contributed by atoms with Crippen LogP contribution in [0.1, 0.15) is 42.9 Å². The zero-order chi connectivity index (χ0) is 33.2. The normalized spacial score (nSPS) is 16.7. The number of para-hydroxylation sites is 1. The van der Waals surface area contributed by atoms with Crippen molar-refractivity contribution in [2.75, 3.05) is 4.90 Å². The monoisotopic (exact) mass is 633 g/mol. The van der Waals surface area contributed by atoms with E-state index in [9.17, 15) is 14.4 Å². The van der Waals surface area contributed by atoms with Crippen molar-refractivity contribution < 1.29 is 14.4 Å². The number of anilines is 1. The molecule has 0 aromatic heterocycles. The standard InChI is InChI=1S/C42H39N3O3/c1-2-10-36(40(43)46)37(24-27-19-20-27)41(47)44-39-35-17-6-5-15-33(35)34-16-7-8-18-38(34)45(42(39)48)26-28-11-9-14-30(23-28)32-22-21-29-12-3-4-13-31(29)25-32/h2-9,11-18,21-23,25,27,36-37,39H,1,10,19-20,24,26H2,(H2,43,46)(H,44,47)/t36?,37-,39-/m0/s1. The van der Waals surface area contributed by atoms with Gasteiger partial charge in [-0.1, -0.05) is 116 Å². The Hall–Kier alpha value is -5.49. The van der Waals surface area contributed by atoms with E-state index in [1.807, 2.05) is 72.8 Å². The predicted molar refractivity (Wildman–Crippen MR) is 192 cm³/mol. The molecule has 1 fully saturated rings. The van der Waals surface area contributed by atoms with E-state index in [2.05, 4.69) is 54.4 Å². The summed E-state index contributed by atoms with van der Waals surface area (Å²) >= 11 is 0. The van der Waals surface area contributed by atoms with Gasteiger partial charge in [0.05, 0.1) is 24.1 Å². The van der Waals surface area contributed by atoms with E-state index in [0.717, 1.165) is 51.9 Å². The van der Waals surface area contributed by atoms with E-state index in [1.54, 1.807) is 11.0 Å². The molecule has 3 N–H and O–H groups in total. The molecule has 0 bridgehead atoms. The number of nitrogens with zero attached hydrogens (tertiary/aromatic N) is 1. The van der Waals surface area contributed by atoms with Crippen LogP contribution in [0.25, 0.3) is 33.0 Å². The van der Waals surface area contributed by atoms with Gasteiger partial charge in [0.25, 0.3) is 5.91 Å². The third-order valence-electron chi connectivity index (χ3n) is 9.80. The van der Waals surface area contributed by atoms with E-state index >= 15 is 0 Å². The average molecular weight is 634 g/mol. The van der Waals surface area contributed by atoms with Crippen molar-refractivity contribution in [3.8, 4) is 22.3 Å². The van der Waals surface area contributed by atoms with Gasteiger partial charge in [0.1, 0.15) is 6.04 Å². The molecule has 1 aliphatic carbocycles. The fourth-order valence-electron chi connectivity index (χ4n) is 7.12. The first-order chi connectivity index (χ1) is 23.4. The Morgan fingerprint density at radius 3 is 2.29 bits per heavy atom. The van der Waals surface area contributed by atoms with Crippen molar-refractivity contribution in [3.63, 3.8) is 0 Å².